The summed E-state index contributed by atoms with van der Waals surface area (Å²) >= 11 is 0. The van der Waals surface area contributed by atoms with Gasteiger partial charge in [-0.15, -0.1) is 5.10 Å². The van der Waals surface area contributed by atoms with Crippen LogP contribution in [0.1, 0.15) is 31.4 Å². The van der Waals surface area contributed by atoms with Crippen LogP contribution < -0.4 is 10.2 Å². The van der Waals surface area contributed by atoms with Crippen LogP contribution in [-0.4, -0.2) is 47.1 Å². The van der Waals surface area contributed by atoms with Crippen LogP contribution in [0.3, 0.4) is 0 Å². The van der Waals surface area contributed by atoms with Crippen molar-refractivity contribution in [3.8, 4) is 0 Å². The topological polar surface area (TPSA) is 61.3 Å². The van der Waals surface area contributed by atoms with Crippen LogP contribution in [0.15, 0.2) is 12.1 Å². The fourth-order valence-electron chi connectivity index (χ4n) is 3.17. The molecule has 0 aromatic carbocycles. The highest BCUT2D eigenvalue weighted by atomic mass is 16.3. The van der Waals surface area contributed by atoms with E-state index in [1.165, 1.54) is 12.8 Å². The summed E-state index contributed by atoms with van der Waals surface area (Å²) in [4.78, 5) is 2.25. The molecule has 2 fully saturated rings. The van der Waals surface area contributed by atoms with E-state index in [0.29, 0.717) is 5.92 Å². The lowest BCUT2D eigenvalue weighted by molar-refractivity contribution is 0.0466. The summed E-state index contributed by atoms with van der Waals surface area (Å²) < 4.78 is 0. The molecule has 5 nitrogen and oxygen atoms in total. The number of nitrogens with zero attached hydrogens (tertiary/aromatic N) is 3. The molecule has 0 atom stereocenters. The van der Waals surface area contributed by atoms with E-state index in [4.69, 9.17) is 0 Å². The first kappa shape index (κ1) is 13.8. The summed E-state index contributed by atoms with van der Waals surface area (Å²) in [5, 5.41) is 22.0. The third kappa shape index (κ3) is 3.10. The summed E-state index contributed by atoms with van der Waals surface area (Å²) in [6.45, 7) is 5.74. The molecule has 1 saturated heterocycles. The van der Waals surface area contributed by atoms with E-state index in [1.807, 2.05) is 19.1 Å². The number of aryl methyl sites for hydroxylation is 1. The Morgan fingerprint density at radius 3 is 2.70 bits per heavy atom. The van der Waals surface area contributed by atoms with Gasteiger partial charge in [0.05, 0.1) is 11.3 Å². The summed E-state index contributed by atoms with van der Waals surface area (Å²) in [5.41, 5.74) is 0.517. The fraction of sp³-hybridized carbons (Fsp3) is 0.733. The molecule has 1 aliphatic heterocycles. The van der Waals surface area contributed by atoms with Crippen molar-refractivity contribution in [1.82, 2.24) is 15.5 Å². The SMILES string of the molecule is Cc1ccc(N2CC(CNCC3(O)CCCC3)C2)nn1. The van der Waals surface area contributed by atoms with E-state index in [0.717, 1.165) is 50.5 Å². The minimum absolute atomic E-state index is 0.439. The normalized spacial score (nSPS) is 22.0. The lowest BCUT2D eigenvalue weighted by Gasteiger charge is -2.40. The molecule has 1 aliphatic carbocycles. The van der Waals surface area contributed by atoms with E-state index in [1.54, 1.807) is 0 Å². The van der Waals surface area contributed by atoms with Crippen molar-refractivity contribution in [2.24, 2.45) is 5.92 Å². The van der Waals surface area contributed by atoms with Crippen molar-refractivity contribution in [2.45, 2.75) is 38.2 Å². The van der Waals surface area contributed by atoms with Gasteiger partial charge < -0.3 is 15.3 Å². The molecule has 20 heavy (non-hydrogen) atoms. The molecule has 1 saturated carbocycles. The molecule has 2 N–H and O–H groups in total. The van der Waals surface area contributed by atoms with Gasteiger partial charge >= 0.3 is 0 Å². The Morgan fingerprint density at radius 2 is 2.05 bits per heavy atom. The zero-order valence-electron chi connectivity index (χ0n) is 12.2. The fourth-order valence-corrected chi connectivity index (χ4v) is 3.17. The molecular formula is C15H24N4O. The number of hydrogen-bond acceptors (Lipinski definition) is 5. The molecule has 0 unspecified atom stereocenters. The summed E-state index contributed by atoms with van der Waals surface area (Å²) in [6.07, 6.45) is 4.24. The Hall–Kier alpha value is -1.20. The van der Waals surface area contributed by atoms with Crippen LogP contribution >= 0.6 is 0 Å². The number of aromatic nitrogens is 2. The number of anilines is 1. The molecule has 1 aromatic heterocycles. The van der Waals surface area contributed by atoms with Gasteiger partial charge in [0, 0.05) is 32.1 Å². The summed E-state index contributed by atoms with van der Waals surface area (Å²) in [5.74, 6) is 1.63. The van der Waals surface area contributed by atoms with E-state index < -0.39 is 5.60 Å². The summed E-state index contributed by atoms with van der Waals surface area (Å²) in [6, 6.07) is 4.04. The molecule has 1 aromatic rings. The highest BCUT2D eigenvalue weighted by molar-refractivity contribution is 5.40. The molecule has 5 heteroatoms. The summed E-state index contributed by atoms with van der Waals surface area (Å²) in [7, 11) is 0. The van der Waals surface area contributed by atoms with Crippen molar-refractivity contribution < 1.29 is 5.11 Å². The second-order valence-electron chi connectivity index (χ2n) is 6.37. The molecule has 0 spiro atoms. The smallest absolute Gasteiger partial charge is 0.151 e. The molecule has 2 aliphatic rings. The van der Waals surface area contributed by atoms with Crippen molar-refractivity contribution in [1.29, 1.82) is 0 Å². The monoisotopic (exact) mass is 276 g/mol. The van der Waals surface area contributed by atoms with Gasteiger partial charge in [0.15, 0.2) is 5.82 Å². The zero-order chi connectivity index (χ0) is 14.0. The molecule has 0 radical (unpaired) electrons. The van der Waals surface area contributed by atoms with Gasteiger partial charge in [0.2, 0.25) is 0 Å². The number of aliphatic hydroxyl groups is 1. The Balaban J connectivity index is 1.37. The predicted octanol–water partition coefficient (Wildman–Crippen LogP) is 1.12. The largest absolute Gasteiger partial charge is 0.389 e. The second-order valence-corrected chi connectivity index (χ2v) is 6.37. The molecule has 0 bridgehead atoms. The van der Waals surface area contributed by atoms with Crippen LogP contribution in [0.5, 0.6) is 0 Å². The number of hydrogen-bond donors (Lipinski definition) is 2. The second kappa shape index (κ2) is 5.66. The Bertz CT molecular complexity index is 436. The Labute approximate surface area is 120 Å². The first-order valence-corrected chi connectivity index (χ1v) is 7.63. The van der Waals surface area contributed by atoms with Gasteiger partial charge in [-0.3, -0.25) is 0 Å². The van der Waals surface area contributed by atoms with Crippen LogP contribution in [0, 0.1) is 12.8 Å². The molecule has 2 heterocycles. The molecule has 110 valence electrons. The van der Waals surface area contributed by atoms with Gasteiger partial charge in [-0.2, -0.15) is 5.10 Å². The van der Waals surface area contributed by atoms with Crippen molar-refractivity contribution in [3.05, 3.63) is 17.8 Å². The van der Waals surface area contributed by atoms with Crippen LogP contribution in [0.4, 0.5) is 5.82 Å². The van der Waals surface area contributed by atoms with Crippen molar-refractivity contribution >= 4 is 5.82 Å². The number of nitrogens with one attached hydrogen (secondary N) is 1. The van der Waals surface area contributed by atoms with Crippen LogP contribution in [0.25, 0.3) is 0 Å². The molecule has 0 amide bonds. The maximum absolute atomic E-state index is 10.3. The first-order chi connectivity index (χ1) is 9.65. The minimum Gasteiger partial charge on any atom is -0.389 e. The molecule has 3 rings (SSSR count). The minimum atomic E-state index is -0.439. The zero-order valence-corrected chi connectivity index (χ0v) is 12.2. The van der Waals surface area contributed by atoms with Crippen LogP contribution in [0.2, 0.25) is 0 Å². The van der Waals surface area contributed by atoms with E-state index in [9.17, 15) is 5.11 Å². The van der Waals surface area contributed by atoms with Crippen molar-refractivity contribution in [2.75, 3.05) is 31.1 Å². The maximum Gasteiger partial charge on any atom is 0.151 e. The van der Waals surface area contributed by atoms with E-state index in [-0.39, 0.29) is 0 Å². The number of rotatable bonds is 5. The van der Waals surface area contributed by atoms with Crippen LogP contribution in [-0.2, 0) is 0 Å². The van der Waals surface area contributed by atoms with Gasteiger partial charge in [-0.25, -0.2) is 0 Å². The lowest BCUT2D eigenvalue weighted by atomic mass is 9.98. The highest BCUT2D eigenvalue weighted by Crippen LogP contribution is 2.29. The maximum atomic E-state index is 10.3. The third-order valence-electron chi connectivity index (χ3n) is 4.49. The van der Waals surface area contributed by atoms with Gasteiger partial charge in [0.25, 0.3) is 0 Å². The quantitative estimate of drug-likeness (QED) is 0.844. The highest BCUT2D eigenvalue weighted by Gasteiger charge is 2.32. The lowest BCUT2D eigenvalue weighted by Crippen LogP contribution is -2.52. The Morgan fingerprint density at radius 1 is 1.30 bits per heavy atom. The third-order valence-corrected chi connectivity index (χ3v) is 4.49. The average Bonchev–Trinajstić information content (AvgIpc) is 2.81. The molecular weight excluding hydrogens is 252 g/mol. The standard InChI is InChI=1S/C15H24N4O/c1-12-4-5-14(18-17-12)19-9-13(10-19)8-16-11-15(20)6-2-3-7-15/h4-5,13,16,20H,2-3,6-11H2,1H3. The van der Waals surface area contributed by atoms with E-state index in [2.05, 4.69) is 20.4 Å². The van der Waals surface area contributed by atoms with Gasteiger partial charge in [-0.05, 0) is 31.9 Å². The Kier molecular flexibility index (Phi) is 3.89. The van der Waals surface area contributed by atoms with E-state index >= 15 is 0 Å². The van der Waals surface area contributed by atoms with Gasteiger partial charge in [0.1, 0.15) is 0 Å². The van der Waals surface area contributed by atoms with Crippen molar-refractivity contribution in [3.63, 3.8) is 0 Å². The predicted molar refractivity (Wildman–Crippen MR) is 78.8 cm³/mol. The first-order valence-electron chi connectivity index (χ1n) is 7.63. The average molecular weight is 276 g/mol. The van der Waals surface area contributed by atoms with Gasteiger partial charge in [-0.1, -0.05) is 12.8 Å².